The summed E-state index contributed by atoms with van der Waals surface area (Å²) >= 11 is 0. The molecule has 1 aromatic heterocycles. The fourth-order valence-corrected chi connectivity index (χ4v) is 4.42. The van der Waals surface area contributed by atoms with Gasteiger partial charge in [-0.05, 0) is 53.8 Å². The van der Waals surface area contributed by atoms with Crippen molar-refractivity contribution in [1.29, 1.82) is 0 Å². The highest BCUT2D eigenvalue weighted by atomic mass is 16.5. The van der Waals surface area contributed by atoms with E-state index in [9.17, 15) is 4.79 Å². The summed E-state index contributed by atoms with van der Waals surface area (Å²) in [5, 5.41) is 1.10. The van der Waals surface area contributed by atoms with E-state index in [0.717, 1.165) is 27.8 Å². The SMILES string of the molecule is CCN(C(=O)COc1ccc(C(C)(C)C)cc1)[C@@H](c1ccc(OC)cc1)c1c[nH]c2ccccc12. The van der Waals surface area contributed by atoms with E-state index in [-0.39, 0.29) is 24.0 Å². The molecule has 3 aromatic carbocycles. The summed E-state index contributed by atoms with van der Waals surface area (Å²) in [6.45, 7) is 9.04. The van der Waals surface area contributed by atoms with Gasteiger partial charge in [-0.3, -0.25) is 4.79 Å². The van der Waals surface area contributed by atoms with Crippen molar-refractivity contribution in [2.75, 3.05) is 20.3 Å². The summed E-state index contributed by atoms with van der Waals surface area (Å²) in [7, 11) is 1.65. The number of nitrogens with one attached hydrogen (secondary N) is 1. The summed E-state index contributed by atoms with van der Waals surface area (Å²) in [5.41, 5.74) is 4.40. The predicted octanol–water partition coefficient (Wildman–Crippen LogP) is 6.49. The molecule has 5 nitrogen and oxygen atoms in total. The molecule has 5 heteroatoms. The van der Waals surface area contributed by atoms with Crippen LogP contribution in [0.15, 0.2) is 79.0 Å². The Morgan fingerprint density at radius 1 is 0.943 bits per heavy atom. The van der Waals surface area contributed by atoms with Gasteiger partial charge in [0.2, 0.25) is 0 Å². The molecule has 0 aliphatic carbocycles. The normalized spacial score (nSPS) is 12.4. The fraction of sp³-hybridized carbons (Fsp3) is 0.300. The maximum Gasteiger partial charge on any atom is 0.261 e. The monoisotopic (exact) mass is 470 g/mol. The first-order valence-electron chi connectivity index (χ1n) is 12.0. The largest absolute Gasteiger partial charge is 0.497 e. The molecule has 0 saturated heterocycles. The second-order valence-electron chi connectivity index (χ2n) is 9.71. The van der Waals surface area contributed by atoms with E-state index in [1.807, 2.05) is 72.6 Å². The standard InChI is InChI=1S/C30H34N2O3/c1-6-32(28(33)20-35-24-17-13-22(14-18-24)30(2,3)4)29(21-11-15-23(34-5)16-12-21)26-19-31-27-10-8-7-9-25(26)27/h7-19,29,31H,6,20H2,1-5H3/t29-/m0/s1. The van der Waals surface area contributed by atoms with Gasteiger partial charge in [0.05, 0.1) is 13.2 Å². The zero-order chi connectivity index (χ0) is 25.0. The van der Waals surface area contributed by atoms with Crippen molar-refractivity contribution in [3.05, 3.63) is 95.7 Å². The number of aromatic nitrogens is 1. The molecule has 1 atom stereocenters. The number of fused-ring (bicyclic) bond motifs is 1. The molecule has 1 heterocycles. The van der Waals surface area contributed by atoms with E-state index in [0.29, 0.717) is 12.3 Å². The number of carbonyl (C=O) groups is 1. The third kappa shape index (κ3) is 5.35. The molecule has 35 heavy (non-hydrogen) atoms. The van der Waals surface area contributed by atoms with E-state index in [1.54, 1.807) is 7.11 Å². The number of amides is 1. The van der Waals surface area contributed by atoms with Crippen LogP contribution in [0.25, 0.3) is 10.9 Å². The number of nitrogens with zero attached hydrogens (tertiary/aromatic N) is 1. The van der Waals surface area contributed by atoms with Crippen molar-refractivity contribution >= 4 is 16.8 Å². The van der Waals surface area contributed by atoms with Crippen LogP contribution in [0.4, 0.5) is 0 Å². The van der Waals surface area contributed by atoms with Gasteiger partial charge in [-0.2, -0.15) is 0 Å². The molecule has 4 aromatic rings. The topological polar surface area (TPSA) is 54.6 Å². The molecular weight excluding hydrogens is 436 g/mol. The Hall–Kier alpha value is -3.73. The highest BCUT2D eigenvalue weighted by Crippen LogP contribution is 2.34. The molecular formula is C30H34N2O3. The molecule has 0 bridgehead atoms. The van der Waals surface area contributed by atoms with Crippen LogP contribution in [0.3, 0.4) is 0 Å². The van der Waals surface area contributed by atoms with Gasteiger partial charge < -0.3 is 19.4 Å². The Morgan fingerprint density at radius 2 is 1.60 bits per heavy atom. The molecule has 0 aliphatic heterocycles. The summed E-state index contributed by atoms with van der Waals surface area (Å²) in [4.78, 5) is 18.7. The van der Waals surface area contributed by atoms with Crippen LogP contribution >= 0.6 is 0 Å². The van der Waals surface area contributed by atoms with Crippen molar-refractivity contribution < 1.29 is 14.3 Å². The summed E-state index contributed by atoms with van der Waals surface area (Å²) in [6, 6.07) is 23.8. The van der Waals surface area contributed by atoms with Crippen LogP contribution in [0.1, 0.15) is 50.4 Å². The van der Waals surface area contributed by atoms with Crippen LogP contribution < -0.4 is 9.47 Å². The number of ether oxygens (including phenoxy) is 2. The van der Waals surface area contributed by atoms with Gasteiger partial charge in [0.15, 0.2) is 6.61 Å². The number of carbonyl (C=O) groups excluding carboxylic acids is 1. The van der Waals surface area contributed by atoms with Crippen molar-refractivity contribution in [3.63, 3.8) is 0 Å². The summed E-state index contributed by atoms with van der Waals surface area (Å²) < 4.78 is 11.3. The third-order valence-corrected chi connectivity index (χ3v) is 6.40. The van der Waals surface area contributed by atoms with Crippen LogP contribution in [-0.4, -0.2) is 36.1 Å². The zero-order valence-corrected chi connectivity index (χ0v) is 21.2. The van der Waals surface area contributed by atoms with Crippen LogP contribution in [0.5, 0.6) is 11.5 Å². The highest BCUT2D eigenvalue weighted by molar-refractivity contribution is 5.86. The minimum absolute atomic E-state index is 0.0300. The Labute approximate surface area is 207 Å². The molecule has 0 radical (unpaired) electrons. The smallest absolute Gasteiger partial charge is 0.261 e. The number of aromatic amines is 1. The Morgan fingerprint density at radius 3 is 2.23 bits per heavy atom. The van der Waals surface area contributed by atoms with E-state index in [4.69, 9.17) is 9.47 Å². The number of rotatable bonds is 8. The number of H-pyrrole nitrogens is 1. The van der Waals surface area contributed by atoms with Crippen molar-refractivity contribution in [2.45, 2.75) is 39.2 Å². The molecule has 0 unspecified atom stereocenters. The first-order valence-corrected chi connectivity index (χ1v) is 12.0. The number of hydrogen-bond acceptors (Lipinski definition) is 3. The number of para-hydroxylation sites is 1. The Bertz CT molecular complexity index is 1270. The van der Waals surface area contributed by atoms with Crippen LogP contribution in [0, 0.1) is 0 Å². The molecule has 0 fully saturated rings. The third-order valence-electron chi connectivity index (χ3n) is 6.40. The van der Waals surface area contributed by atoms with E-state index in [2.05, 4.69) is 44.0 Å². The second kappa shape index (κ2) is 10.3. The average molecular weight is 471 g/mol. The minimum Gasteiger partial charge on any atom is -0.497 e. The number of benzene rings is 3. The lowest BCUT2D eigenvalue weighted by molar-refractivity contribution is -0.134. The predicted molar refractivity (Wildman–Crippen MR) is 141 cm³/mol. The fourth-order valence-electron chi connectivity index (χ4n) is 4.42. The van der Waals surface area contributed by atoms with Gasteiger partial charge in [0.1, 0.15) is 11.5 Å². The minimum atomic E-state index is -0.263. The Kier molecular flexibility index (Phi) is 7.15. The summed E-state index contributed by atoms with van der Waals surface area (Å²) in [5.74, 6) is 1.40. The highest BCUT2D eigenvalue weighted by Gasteiger charge is 2.28. The van der Waals surface area contributed by atoms with E-state index < -0.39 is 0 Å². The maximum atomic E-state index is 13.5. The van der Waals surface area contributed by atoms with E-state index in [1.165, 1.54) is 5.56 Å². The first-order chi connectivity index (χ1) is 16.8. The molecule has 0 saturated carbocycles. The lowest BCUT2D eigenvalue weighted by Crippen LogP contribution is -2.38. The number of hydrogen-bond donors (Lipinski definition) is 1. The Balaban J connectivity index is 1.62. The maximum absolute atomic E-state index is 13.5. The van der Waals surface area contributed by atoms with Gasteiger partial charge in [0, 0.05) is 29.2 Å². The van der Waals surface area contributed by atoms with E-state index >= 15 is 0 Å². The van der Waals surface area contributed by atoms with Gasteiger partial charge in [-0.15, -0.1) is 0 Å². The molecule has 0 spiro atoms. The first kappa shape index (κ1) is 24.4. The number of methoxy groups -OCH3 is 1. The molecule has 1 amide bonds. The van der Waals surface area contributed by atoms with Gasteiger partial charge in [-0.1, -0.05) is 63.2 Å². The quantitative estimate of drug-likeness (QED) is 0.320. The lowest BCUT2D eigenvalue weighted by Gasteiger charge is -2.31. The van der Waals surface area contributed by atoms with Crippen LogP contribution in [0.2, 0.25) is 0 Å². The lowest BCUT2D eigenvalue weighted by atomic mass is 9.87. The van der Waals surface area contributed by atoms with Gasteiger partial charge in [-0.25, -0.2) is 0 Å². The van der Waals surface area contributed by atoms with Gasteiger partial charge in [0.25, 0.3) is 5.91 Å². The summed E-state index contributed by atoms with van der Waals surface area (Å²) in [6.07, 6.45) is 2.00. The molecule has 1 N–H and O–H groups in total. The average Bonchev–Trinajstić information content (AvgIpc) is 3.29. The van der Waals surface area contributed by atoms with Gasteiger partial charge >= 0.3 is 0 Å². The van der Waals surface area contributed by atoms with Crippen molar-refractivity contribution in [2.24, 2.45) is 0 Å². The molecule has 182 valence electrons. The van der Waals surface area contributed by atoms with Crippen molar-refractivity contribution in [3.8, 4) is 11.5 Å². The zero-order valence-electron chi connectivity index (χ0n) is 21.2. The number of likely N-dealkylation sites (N-methyl/N-ethyl adjacent to an activating group) is 1. The van der Waals surface area contributed by atoms with Crippen molar-refractivity contribution in [1.82, 2.24) is 9.88 Å². The molecule has 0 aliphatic rings. The molecule has 4 rings (SSSR count). The second-order valence-corrected chi connectivity index (χ2v) is 9.71. The van der Waals surface area contributed by atoms with Crippen LogP contribution in [-0.2, 0) is 10.2 Å².